The van der Waals surface area contributed by atoms with Crippen LogP contribution in [0.25, 0.3) is 0 Å². The van der Waals surface area contributed by atoms with Crippen molar-refractivity contribution in [3.63, 3.8) is 0 Å². The second-order valence-electron chi connectivity index (χ2n) is 1.82. The molecule has 1 fully saturated rings. The molecule has 0 radical (unpaired) electrons. The van der Waals surface area contributed by atoms with Crippen molar-refractivity contribution in [1.29, 1.82) is 0 Å². The molecule has 1 heterocycles. The summed E-state index contributed by atoms with van der Waals surface area (Å²) in [5.41, 5.74) is 0. The number of nitrogens with one attached hydrogen (secondary N) is 1. The van der Waals surface area contributed by atoms with Gasteiger partial charge in [-0.2, -0.15) is 0 Å². The normalized spacial score (nSPS) is 32.9. The van der Waals surface area contributed by atoms with Crippen molar-refractivity contribution < 1.29 is 4.21 Å². The topological polar surface area (TPSA) is 32.3 Å². The molecule has 0 spiro atoms. The highest BCUT2D eigenvalue weighted by Crippen LogP contribution is 1.92. The van der Waals surface area contributed by atoms with Gasteiger partial charge in [0.1, 0.15) is 11.0 Å². The Hall–Kier alpha value is 0.0700. The van der Waals surface area contributed by atoms with Gasteiger partial charge in [0.25, 0.3) is 0 Å². The average molecular weight is 134 g/mol. The highest BCUT2D eigenvalue weighted by Gasteiger charge is 2.10. The Morgan fingerprint density at radius 1 is 1.75 bits per heavy atom. The van der Waals surface area contributed by atoms with Crippen LogP contribution >= 0.6 is 0 Å². The molecular formula is C4H10N2OS. The first-order valence-corrected chi connectivity index (χ1v) is 3.88. The van der Waals surface area contributed by atoms with Crippen LogP contribution in [-0.4, -0.2) is 34.5 Å². The molecule has 8 heavy (non-hydrogen) atoms. The minimum absolute atomic E-state index is 0.622. The second kappa shape index (κ2) is 2.57. The lowest BCUT2D eigenvalue weighted by molar-refractivity contribution is 0.480. The average Bonchev–Trinajstić information content (AvgIpc) is 1.77. The SMILES string of the molecule is CN1CCNCS1=O. The Morgan fingerprint density at radius 2 is 2.50 bits per heavy atom. The van der Waals surface area contributed by atoms with Crippen LogP contribution in [0.4, 0.5) is 0 Å². The maximum absolute atomic E-state index is 10.8. The van der Waals surface area contributed by atoms with Crippen molar-refractivity contribution in [2.24, 2.45) is 0 Å². The van der Waals surface area contributed by atoms with Gasteiger partial charge in [-0.1, -0.05) is 0 Å². The summed E-state index contributed by atoms with van der Waals surface area (Å²) in [7, 11) is 1.11. The number of rotatable bonds is 0. The number of hydrogen-bond donors (Lipinski definition) is 1. The van der Waals surface area contributed by atoms with Crippen molar-refractivity contribution in [2.45, 2.75) is 0 Å². The number of hydrogen-bond acceptors (Lipinski definition) is 2. The minimum atomic E-state index is -0.763. The molecule has 1 saturated heterocycles. The maximum Gasteiger partial charge on any atom is 0.108 e. The highest BCUT2D eigenvalue weighted by atomic mass is 32.2. The summed E-state index contributed by atoms with van der Waals surface area (Å²) in [6.45, 7) is 1.86. The third-order valence-electron chi connectivity index (χ3n) is 1.18. The minimum Gasteiger partial charge on any atom is -0.303 e. The van der Waals surface area contributed by atoms with Crippen LogP contribution in [0.5, 0.6) is 0 Å². The highest BCUT2D eigenvalue weighted by molar-refractivity contribution is 7.82. The van der Waals surface area contributed by atoms with E-state index in [1.165, 1.54) is 0 Å². The predicted molar refractivity (Wildman–Crippen MR) is 33.6 cm³/mol. The van der Waals surface area contributed by atoms with E-state index < -0.39 is 11.0 Å². The van der Waals surface area contributed by atoms with Gasteiger partial charge in [-0.25, -0.2) is 8.51 Å². The van der Waals surface area contributed by atoms with Gasteiger partial charge in [-0.05, 0) is 7.05 Å². The smallest absolute Gasteiger partial charge is 0.108 e. The predicted octanol–water partition coefficient (Wildman–Crippen LogP) is -0.857. The molecule has 1 atom stereocenters. The molecule has 1 aliphatic rings. The van der Waals surface area contributed by atoms with E-state index >= 15 is 0 Å². The summed E-state index contributed by atoms with van der Waals surface area (Å²) in [4.78, 5) is 0. The van der Waals surface area contributed by atoms with Crippen LogP contribution in [0.2, 0.25) is 0 Å². The zero-order valence-corrected chi connectivity index (χ0v) is 5.70. The zero-order valence-electron chi connectivity index (χ0n) is 4.89. The summed E-state index contributed by atoms with van der Waals surface area (Å²) in [6.07, 6.45) is 0. The molecule has 0 aromatic carbocycles. The van der Waals surface area contributed by atoms with E-state index in [-0.39, 0.29) is 0 Å². The van der Waals surface area contributed by atoms with Gasteiger partial charge < -0.3 is 5.32 Å². The third kappa shape index (κ3) is 1.27. The molecule has 3 nitrogen and oxygen atoms in total. The van der Waals surface area contributed by atoms with Crippen LogP contribution in [0, 0.1) is 0 Å². The molecule has 0 bridgehead atoms. The molecule has 0 aromatic heterocycles. The fourth-order valence-corrected chi connectivity index (χ4v) is 1.44. The first-order valence-electron chi connectivity index (χ1n) is 2.61. The van der Waals surface area contributed by atoms with E-state index in [9.17, 15) is 4.21 Å². The molecule has 0 aliphatic carbocycles. The Morgan fingerprint density at radius 3 is 2.88 bits per heavy atom. The van der Waals surface area contributed by atoms with Crippen LogP contribution in [0.1, 0.15) is 0 Å². The number of nitrogens with zero attached hydrogens (tertiary/aromatic N) is 1. The zero-order chi connectivity index (χ0) is 5.98. The molecule has 1 N–H and O–H groups in total. The summed E-state index contributed by atoms with van der Waals surface area (Å²) >= 11 is 0. The third-order valence-corrected chi connectivity index (χ3v) is 2.51. The molecule has 0 saturated carbocycles. The quantitative estimate of drug-likeness (QED) is 0.467. The molecule has 1 aliphatic heterocycles. The maximum atomic E-state index is 10.8. The first kappa shape index (κ1) is 6.19. The van der Waals surface area contributed by atoms with Crippen molar-refractivity contribution in [3.05, 3.63) is 0 Å². The van der Waals surface area contributed by atoms with Crippen molar-refractivity contribution in [1.82, 2.24) is 9.62 Å². The summed E-state index contributed by atoms with van der Waals surface area (Å²) < 4.78 is 12.6. The Kier molecular flexibility index (Phi) is 1.99. The number of likely N-dealkylation sites (N-methyl/N-ethyl adjacent to an activating group) is 1. The van der Waals surface area contributed by atoms with Gasteiger partial charge in [0.2, 0.25) is 0 Å². The van der Waals surface area contributed by atoms with E-state index in [4.69, 9.17) is 0 Å². The van der Waals surface area contributed by atoms with E-state index in [2.05, 4.69) is 5.32 Å². The lowest BCUT2D eigenvalue weighted by Gasteiger charge is -2.20. The Bertz CT molecular complexity index is 106. The molecular weight excluding hydrogens is 124 g/mol. The summed E-state index contributed by atoms with van der Waals surface area (Å²) in [6, 6.07) is 0. The van der Waals surface area contributed by atoms with Gasteiger partial charge in [0, 0.05) is 13.1 Å². The van der Waals surface area contributed by atoms with E-state index in [0.29, 0.717) is 5.88 Å². The van der Waals surface area contributed by atoms with Crippen molar-refractivity contribution in [3.8, 4) is 0 Å². The van der Waals surface area contributed by atoms with E-state index in [1.54, 1.807) is 0 Å². The summed E-state index contributed by atoms with van der Waals surface area (Å²) in [5.74, 6) is 0.622. The second-order valence-corrected chi connectivity index (χ2v) is 3.37. The standard InChI is InChI=1S/C4H10N2OS/c1-6-3-2-5-4-8(6)7/h5H,2-4H2,1H3. The fraction of sp³-hybridized carbons (Fsp3) is 1.00. The molecule has 48 valence electrons. The Balaban J connectivity index is 2.39. The molecule has 0 amide bonds. The van der Waals surface area contributed by atoms with Gasteiger partial charge in [0.05, 0.1) is 5.88 Å². The van der Waals surface area contributed by atoms with Crippen molar-refractivity contribution in [2.75, 3.05) is 26.0 Å². The van der Waals surface area contributed by atoms with Crippen LogP contribution in [0.3, 0.4) is 0 Å². The lowest BCUT2D eigenvalue weighted by Crippen LogP contribution is -2.41. The van der Waals surface area contributed by atoms with Crippen molar-refractivity contribution >= 4 is 11.0 Å². The van der Waals surface area contributed by atoms with Gasteiger partial charge in [0.15, 0.2) is 0 Å². The van der Waals surface area contributed by atoms with E-state index in [1.807, 2.05) is 11.4 Å². The van der Waals surface area contributed by atoms with Gasteiger partial charge >= 0.3 is 0 Å². The van der Waals surface area contributed by atoms with Crippen LogP contribution in [0.15, 0.2) is 0 Å². The summed E-state index contributed by atoms with van der Waals surface area (Å²) in [5, 5.41) is 3.02. The van der Waals surface area contributed by atoms with Gasteiger partial charge in [-0.15, -0.1) is 0 Å². The largest absolute Gasteiger partial charge is 0.303 e. The van der Waals surface area contributed by atoms with E-state index in [0.717, 1.165) is 13.1 Å². The molecule has 0 aromatic rings. The lowest BCUT2D eigenvalue weighted by atomic mass is 10.6. The molecule has 1 unspecified atom stereocenters. The fourth-order valence-electron chi connectivity index (χ4n) is 0.608. The monoisotopic (exact) mass is 134 g/mol. The molecule has 1 rings (SSSR count). The first-order chi connectivity index (χ1) is 3.80. The molecule has 4 heteroatoms. The van der Waals surface area contributed by atoms with Gasteiger partial charge in [-0.3, -0.25) is 0 Å². The van der Waals surface area contributed by atoms with Crippen LogP contribution < -0.4 is 5.32 Å². The Labute approximate surface area is 51.6 Å². The van der Waals surface area contributed by atoms with Crippen LogP contribution in [-0.2, 0) is 11.0 Å².